The first-order valence-corrected chi connectivity index (χ1v) is 9.02. The van der Waals surface area contributed by atoms with E-state index >= 15 is 0 Å². The Hall–Kier alpha value is -2.33. The van der Waals surface area contributed by atoms with Crippen molar-refractivity contribution in [1.82, 2.24) is 0 Å². The molecule has 0 aliphatic heterocycles. The Kier molecular flexibility index (Phi) is 5.39. The Labute approximate surface area is 156 Å². The van der Waals surface area contributed by atoms with E-state index in [1.54, 1.807) is 0 Å². The van der Waals surface area contributed by atoms with Gasteiger partial charge in [0, 0.05) is 10.2 Å². The number of fused-ring (bicyclic) bond motifs is 1. The van der Waals surface area contributed by atoms with E-state index in [0.717, 1.165) is 20.9 Å². The minimum atomic E-state index is -0.173. The van der Waals surface area contributed by atoms with Crippen molar-refractivity contribution in [3.8, 4) is 5.75 Å². The highest BCUT2D eigenvalue weighted by molar-refractivity contribution is 9.10. The summed E-state index contributed by atoms with van der Waals surface area (Å²) in [5.41, 5.74) is 2.03. The van der Waals surface area contributed by atoms with Crippen molar-refractivity contribution in [3.05, 3.63) is 70.7 Å². The molecule has 0 saturated heterocycles. The van der Waals surface area contributed by atoms with Crippen LogP contribution in [-0.2, 0) is 4.79 Å². The highest BCUT2D eigenvalue weighted by atomic mass is 79.9. The third kappa shape index (κ3) is 4.60. The van der Waals surface area contributed by atoms with Gasteiger partial charge in [-0.2, -0.15) is 0 Å². The van der Waals surface area contributed by atoms with E-state index in [1.807, 2.05) is 60.7 Å². The molecule has 0 atom stereocenters. The predicted octanol–water partition coefficient (Wildman–Crippen LogP) is 5.74. The molecule has 0 radical (unpaired) electrons. The van der Waals surface area contributed by atoms with Gasteiger partial charge in [-0.15, -0.1) is 0 Å². The van der Waals surface area contributed by atoms with Gasteiger partial charge >= 0.3 is 0 Å². The summed E-state index contributed by atoms with van der Waals surface area (Å²) in [7, 11) is 0. The molecule has 0 heterocycles. The number of halogens is 1. The molecule has 0 spiro atoms. The third-order valence-electron chi connectivity index (χ3n) is 4.00. The monoisotopic (exact) mass is 397 g/mol. The van der Waals surface area contributed by atoms with Crippen molar-refractivity contribution in [2.45, 2.75) is 19.8 Å². The molecular weight excluding hydrogens is 378 g/mol. The highest BCUT2D eigenvalue weighted by Crippen LogP contribution is 2.24. The predicted molar refractivity (Wildman–Crippen MR) is 106 cm³/mol. The largest absolute Gasteiger partial charge is 0.484 e. The van der Waals surface area contributed by atoms with E-state index in [2.05, 4.69) is 35.1 Å². The minimum absolute atomic E-state index is 0.0199. The van der Waals surface area contributed by atoms with Crippen LogP contribution in [0.5, 0.6) is 5.75 Å². The zero-order valence-electron chi connectivity index (χ0n) is 14.3. The normalized spacial score (nSPS) is 10.9. The standard InChI is InChI=1S/C21H20BrNO2/c1-14(2)15-4-8-19(9-5-15)23-21(24)13-25-20-10-6-16-11-18(22)7-3-17(16)12-20/h3-12,14H,13H2,1-2H3,(H,23,24). The molecule has 3 nitrogen and oxygen atoms in total. The van der Waals surface area contributed by atoms with Gasteiger partial charge in [0.05, 0.1) is 0 Å². The van der Waals surface area contributed by atoms with Crippen molar-refractivity contribution >= 4 is 38.3 Å². The van der Waals surface area contributed by atoms with Crippen LogP contribution in [0, 0.1) is 0 Å². The van der Waals surface area contributed by atoms with Gasteiger partial charge in [-0.3, -0.25) is 4.79 Å². The lowest BCUT2D eigenvalue weighted by molar-refractivity contribution is -0.118. The maximum atomic E-state index is 12.1. The molecule has 25 heavy (non-hydrogen) atoms. The quantitative estimate of drug-likeness (QED) is 0.595. The van der Waals surface area contributed by atoms with Crippen LogP contribution in [-0.4, -0.2) is 12.5 Å². The van der Waals surface area contributed by atoms with Crippen LogP contribution < -0.4 is 10.1 Å². The van der Waals surface area contributed by atoms with Gasteiger partial charge in [-0.05, 0) is 58.7 Å². The highest BCUT2D eigenvalue weighted by Gasteiger charge is 2.06. The van der Waals surface area contributed by atoms with Crippen LogP contribution in [0.3, 0.4) is 0 Å². The maximum absolute atomic E-state index is 12.1. The van der Waals surface area contributed by atoms with Gasteiger partial charge in [0.1, 0.15) is 5.75 Å². The molecule has 0 unspecified atom stereocenters. The van der Waals surface area contributed by atoms with Gasteiger partial charge in [-0.25, -0.2) is 0 Å². The van der Waals surface area contributed by atoms with E-state index in [-0.39, 0.29) is 12.5 Å². The summed E-state index contributed by atoms with van der Waals surface area (Å²) in [6, 6.07) is 19.7. The van der Waals surface area contributed by atoms with Gasteiger partial charge in [0.25, 0.3) is 5.91 Å². The van der Waals surface area contributed by atoms with Crippen molar-refractivity contribution in [2.75, 3.05) is 11.9 Å². The first-order valence-electron chi connectivity index (χ1n) is 8.23. The summed E-state index contributed by atoms with van der Waals surface area (Å²) in [5.74, 6) is 0.981. The Morgan fingerprint density at radius 3 is 2.40 bits per heavy atom. The van der Waals surface area contributed by atoms with Crippen LogP contribution in [0.15, 0.2) is 65.1 Å². The van der Waals surface area contributed by atoms with Crippen LogP contribution in [0.2, 0.25) is 0 Å². The number of hydrogen-bond donors (Lipinski definition) is 1. The molecule has 0 aliphatic rings. The van der Waals surface area contributed by atoms with Crippen LogP contribution >= 0.6 is 15.9 Å². The molecule has 3 aromatic rings. The number of rotatable bonds is 5. The fourth-order valence-corrected chi connectivity index (χ4v) is 2.96. The second kappa shape index (κ2) is 7.70. The molecule has 1 N–H and O–H groups in total. The first-order chi connectivity index (χ1) is 12.0. The smallest absolute Gasteiger partial charge is 0.262 e. The van der Waals surface area contributed by atoms with Gasteiger partial charge < -0.3 is 10.1 Å². The number of hydrogen-bond acceptors (Lipinski definition) is 2. The maximum Gasteiger partial charge on any atom is 0.262 e. The zero-order valence-corrected chi connectivity index (χ0v) is 15.8. The molecule has 4 heteroatoms. The van der Waals surface area contributed by atoms with Crippen LogP contribution in [0.25, 0.3) is 10.8 Å². The van der Waals surface area contributed by atoms with Crippen molar-refractivity contribution < 1.29 is 9.53 Å². The Balaban J connectivity index is 1.59. The SMILES string of the molecule is CC(C)c1ccc(NC(=O)COc2ccc3cc(Br)ccc3c2)cc1. The number of ether oxygens (including phenoxy) is 1. The molecule has 3 aromatic carbocycles. The van der Waals surface area contributed by atoms with E-state index in [4.69, 9.17) is 4.74 Å². The van der Waals surface area contributed by atoms with Crippen molar-refractivity contribution in [3.63, 3.8) is 0 Å². The Bertz CT molecular complexity index is 888. The molecule has 0 aromatic heterocycles. The topological polar surface area (TPSA) is 38.3 Å². The van der Waals surface area contributed by atoms with Gasteiger partial charge in [0.2, 0.25) is 0 Å². The second-order valence-corrected chi connectivity index (χ2v) is 7.18. The first kappa shape index (κ1) is 17.5. The van der Waals surface area contributed by atoms with E-state index in [0.29, 0.717) is 11.7 Å². The lowest BCUT2D eigenvalue weighted by Gasteiger charge is -2.10. The van der Waals surface area contributed by atoms with E-state index in [9.17, 15) is 4.79 Å². The van der Waals surface area contributed by atoms with Crippen LogP contribution in [0.1, 0.15) is 25.3 Å². The molecule has 3 rings (SSSR count). The van der Waals surface area contributed by atoms with Crippen LogP contribution in [0.4, 0.5) is 5.69 Å². The third-order valence-corrected chi connectivity index (χ3v) is 4.50. The molecule has 0 fully saturated rings. The average Bonchev–Trinajstić information content (AvgIpc) is 2.60. The molecule has 128 valence electrons. The molecule has 1 amide bonds. The molecule has 0 aliphatic carbocycles. The summed E-state index contributed by atoms with van der Waals surface area (Å²) in [4.78, 5) is 12.1. The fourth-order valence-electron chi connectivity index (χ4n) is 2.58. The summed E-state index contributed by atoms with van der Waals surface area (Å²) in [6.07, 6.45) is 0. The van der Waals surface area contributed by atoms with E-state index in [1.165, 1.54) is 5.56 Å². The summed E-state index contributed by atoms with van der Waals surface area (Å²) in [5, 5.41) is 5.05. The number of nitrogens with one attached hydrogen (secondary N) is 1. The Morgan fingerprint density at radius 1 is 1.00 bits per heavy atom. The minimum Gasteiger partial charge on any atom is -0.484 e. The van der Waals surface area contributed by atoms with Gasteiger partial charge in [0.15, 0.2) is 6.61 Å². The fraction of sp³-hybridized carbons (Fsp3) is 0.190. The lowest BCUT2D eigenvalue weighted by Crippen LogP contribution is -2.20. The number of carbonyl (C=O) groups is 1. The number of amides is 1. The molecule has 0 bridgehead atoms. The lowest BCUT2D eigenvalue weighted by atomic mass is 10.0. The van der Waals surface area contributed by atoms with E-state index < -0.39 is 0 Å². The molecular formula is C21H20BrNO2. The average molecular weight is 398 g/mol. The zero-order chi connectivity index (χ0) is 17.8. The summed E-state index contributed by atoms with van der Waals surface area (Å²) in [6.45, 7) is 4.27. The molecule has 0 saturated carbocycles. The van der Waals surface area contributed by atoms with Crippen molar-refractivity contribution in [1.29, 1.82) is 0 Å². The number of anilines is 1. The van der Waals surface area contributed by atoms with Crippen molar-refractivity contribution in [2.24, 2.45) is 0 Å². The number of carbonyl (C=O) groups excluding carboxylic acids is 1. The summed E-state index contributed by atoms with van der Waals surface area (Å²) >= 11 is 3.46. The Morgan fingerprint density at radius 2 is 1.68 bits per heavy atom. The number of benzene rings is 3. The van der Waals surface area contributed by atoms with Gasteiger partial charge in [-0.1, -0.05) is 54.0 Å². The second-order valence-electron chi connectivity index (χ2n) is 6.27. The summed E-state index contributed by atoms with van der Waals surface area (Å²) < 4.78 is 6.65.